The van der Waals surface area contributed by atoms with Gasteiger partial charge in [-0.3, -0.25) is 0 Å². The average Bonchev–Trinajstić information content (AvgIpc) is 1.80. The van der Waals surface area contributed by atoms with Gasteiger partial charge in [-0.25, -0.2) is 4.79 Å². The average molecular weight is 132 g/mol. The van der Waals surface area contributed by atoms with Crippen molar-refractivity contribution in [1.29, 1.82) is 0 Å². The largest absolute Gasteiger partial charge is 0.448 e. The van der Waals surface area contributed by atoms with E-state index in [0.29, 0.717) is 13.2 Å². The molecule has 0 aliphatic heterocycles. The van der Waals surface area contributed by atoms with Crippen molar-refractivity contribution in [3.63, 3.8) is 0 Å². The Morgan fingerprint density at radius 3 is 2.89 bits per heavy atom. The topological polar surface area (TPSA) is 64.3 Å². The first-order chi connectivity index (χ1) is 4.27. The van der Waals surface area contributed by atoms with Gasteiger partial charge in [-0.1, -0.05) is 6.92 Å². The number of rotatable bonds is 4. The number of hydrogen-bond donors (Lipinski definition) is 2. The van der Waals surface area contributed by atoms with E-state index in [0.717, 1.165) is 6.54 Å². The van der Waals surface area contributed by atoms with E-state index in [1.54, 1.807) is 0 Å². The van der Waals surface area contributed by atoms with E-state index >= 15 is 0 Å². The molecule has 0 saturated carbocycles. The van der Waals surface area contributed by atoms with E-state index in [9.17, 15) is 4.79 Å². The maximum Gasteiger partial charge on any atom is 0.404 e. The molecule has 0 fully saturated rings. The second-order valence-electron chi connectivity index (χ2n) is 1.52. The number of carbonyl (C=O) groups excluding carboxylic acids is 1. The molecule has 54 valence electrons. The van der Waals surface area contributed by atoms with E-state index in [1.807, 2.05) is 6.92 Å². The van der Waals surface area contributed by atoms with Gasteiger partial charge < -0.3 is 15.8 Å². The molecule has 4 nitrogen and oxygen atoms in total. The Morgan fingerprint density at radius 1 is 1.78 bits per heavy atom. The Balaban J connectivity index is 2.83. The zero-order chi connectivity index (χ0) is 7.11. The number of primary amides is 1. The lowest BCUT2D eigenvalue weighted by Crippen LogP contribution is -2.23. The van der Waals surface area contributed by atoms with Crippen LogP contribution >= 0.6 is 0 Å². The third kappa shape index (κ3) is 7.23. The molecular weight excluding hydrogens is 120 g/mol. The van der Waals surface area contributed by atoms with Crippen LogP contribution in [0.2, 0.25) is 0 Å². The van der Waals surface area contributed by atoms with E-state index in [4.69, 9.17) is 0 Å². The summed E-state index contributed by atoms with van der Waals surface area (Å²) in [6.07, 6.45) is -0.715. The monoisotopic (exact) mass is 132 g/mol. The first kappa shape index (κ1) is 8.23. The van der Waals surface area contributed by atoms with Crippen molar-refractivity contribution in [3.8, 4) is 0 Å². The lowest BCUT2D eigenvalue weighted by Gasteiger charge is -1.99. The summed E-state index contributed by atoms with van der Waals surface area (Å²) in [6.45, 7) is 3.87. The van der Waals surface area contributed by atoms with Gasteiger partial charge in [0.05, 0.1) is 0 Å². The fourth-order valence-electron chi connectivity index (χ4n) is 0.401. The van der Waals surface area contributed by atoms with Crippen molar-refractivity contribution in [3.05, 3.63) is 0 Å². The third-order valence-electron chi connectivity index (χ3n) is 0.773. The molecule has 1 amide bonds. The van der Waals surface area contributed by atoms with Gasteiger partial charge in [-0.05, 0) is 6.54 Å². The number of nitrogens with one attached hydrogen (secondary N) is 1. The lowest BCUT2D eigenvalue weighted by molar-refractivity contribution is 0.157. The second-order valence-corrected chi connectivity index (χ2v) is 1.52. The van der Waals surface area contributed by atoms with E-state index in [1.165, 1.54) is 0 Å². The van der Waals surface area contributed by atoms with Crippen LogP contribution in [0.3, 0.4) is 0 Å². The first-order valence-corrected chi connectivity index (χ1v) is 2.90. The summed E-state index contributed by atoms with van der Waals surface area (Å²) in [6, 6.07) is 0. The van der Waals surface area contributed by atoms with Crippen LogP contribution in [0, 0.1) is 0 Å². The minimum absolute atomic E-state index is 0.350. The summed E-state index contributed by atoms with van der Waals surface area (Å²) in [5.41, 5.74) is 4.69. The Morgan fingerprint density at radius 2 is 2.44 bits per heavy atom. The van der Waals surface area contributed by atoms with Gasteiger partial charge in [0, 0.05) is 6.54 Å². The molecule has 0 bridgehead atoms. The maximum atomic E-state index is 9.93. The predicted octanol–water partition coefficient (Wildman–Crippen LogP) is -0.309. The van der Waals surface area contributed by atoms with Crippen LogP contribution in [0.1, 0.15) is 6.92 Å². The summed E-state index contributed by atoms with van der Waals surface area (Å²) in [5.74, 6) is 0. The molecule has 0 aromatic heterocycles. The molecule has 0 spiro atoms. The lowest BCUT2D eigenvalue weighted by atomic mass is 10.6. The molecule has 0 aliphatic rings. The Bertz CT molecular complexity index is 85.0. The van der Waals surface area contributed by atoms with Crippen LogP contribution in [0.5, 0.6) is 0 Å². The number of hydrogen-bond acceptors (Lipinski definition) is 3. The number of likely N-dealkylation sites (N-methyl/N-ethyl adjacent to an activating group) is 1. The molecule has 4 heteroatoms. The minimum atomic E-state index is -0.715. The highest BCUT2D eigenvalue weighted by molar-refractivity contribution is 5.64. The molecule has 9 heavy (non-hydrogen) atoms. The van der Waals surface area contributed by atoms with Gasteiger partial charge in [0.1, 0.15) is 6.61 Å². The normalized spacial score (nSPS) is 9.00. The number of nitrogens with two attached hydrogens (primary N) is 1. The fraction of sp³-hybridized carbons (Fsp3) is 0.800. The van der Waals surface area contributed by atoms with E-state index < -0.39 is 6.09 Å². The highest BCUT2D eigenvalue weighted by Gasteiger charge is 1.89. The number of amides is 1. The van der Waals surface area contributed by atoms with Crippen molar-refractivity contribution >= 4 is 6.09 Å². The third-order valence-corrected chi connectivity index (χ3v) is 0.773. The summed E-state index contributed by atoms with van der Waals surface area (Å²) in [7, 11) is 0. The van der Waals surface area contributed by atoms with Gasteiger partial charge in [-0.2, -0.15) is 0 Å². The van der Waals surface area contributed by atoms with Gasteiger partial charge in [0.2, 0.25) is 0 Å². The predicted molar refractivity (Wildman–Crippen MR) is 34.1 cm³/mol. The number of carbonyl (C=O) groups is 1. The van der Waals surface area contributed by atoms with Crippen molar-refractivity contribution in [2.45, 2.75) is 6.92 Å². The summed E-state index contributed by atoms with van der Waals surface area (Å²) < 4.78 is 4.42. The van der Waals surface area contributed by atoms with Crippen molar-refractivity contribution < 1.29 is 9.53 Å². The van der Waals surface area contributed by atoms with Crippen LogP contribution < -0.4 is 11.1 Å². The van der Waals surface area contributed by atoms with Crippen LogP contribution in [0.15, 0.2) is 0 Å². The zero-order valence-electron chi connectivity index (χ0n) is 5.52. The molecular formula is C5H12N2O2. The van der Waals surface area contributed by atoms with Crippen molar-refractivity contribution in [2.75, 3.05) is 19.7 Å². The highest BCUT2D eigenvalue weighted by atomic mass is 16.5. The quantitative estimate of drug-likeness (QED) is 0.516. The van der Waals surface area contributed by atoms with Crippen LogP contribution in [0.4, 0.5) is 4.79 Å². The van der Waals surface area contributed by atoms with Crippen LogP contribution in [-0.4, -0.2) is 25.8 Å². The smallest absolute Gasteiger partial charge is 0.404 e. The SMILES string of the molecule is CCNCCOC(N)=O. The number of ether oxygens (including phenoxy) is 1. The molecule has 0 unspecified atom stereocenters. The molecule has 0 aromatic rings. The zero-order valence-corrected chi connectivity index (χ0v) is 5.52. The highest BCUT2D eigenvalue weighted by Crippen LogP contribution is 1.69. The summed E-state index contributed by atoms with van der Waals surface area (Å²) in [5, 5.41) is 2.97. The van der Waals surface area contributed by atoms with Crippen LogP contribution in [0.25, 0.3) is 0 Å². The second kappa shape index (κ2) is 5.37. The molecule has 3 N–H and O–H groups in total. The molecule has 0 heterocycles. The molecule has 0 saturated heterocycles. The van der Waals surface area contributed by atoms with Gasteiger partial charge in [0.15, 0.2) is 0 Å². The Hall–Kier alpha value is -0.770. The Labute approximate surface area is 54.4 Å². The first-order valence-electron chi connectivity index (χ1n) is 2.90. The molecule has 0 aromatic carbocycles. The van der Waals surface area contributed by atoms with E-state index in [2.05, 4.69) is 15.8 Å². The fourth-order valence-corrected chi connectivity index (χ4v) is 0.401. The molecule has 0 atom stereocenters. The molecule has 0 radical (unpaired) electrons. The summed E-state index contributed by atoms with van der Waals surface area (Å²) >= 11 is 0. The minimum Gasteiger partial charge on any atom is -0.448 e. The van der Waals surface area contributed by atoms with Gasteiger partial charge in [-0.15, -0.1) is 0 Å². The molecule has 0 rings (SSSR count). The maximum absolute atomic E-state index is 9.93. The van der Waals surface area contributed by atoms with Crippen LogP contribution in [-0.2, 0) is 4.74 Å². The van der Waals surface area contributed by atoms with Gasteiger partial charge in [0.25, 0.3) is 0 Å². The molecule has 0 aliphatic carbocycles. The van der Waals surface area contributed by atoms with Crippen molar-refractivity contribution in [1.82, 2.24) is 5.32 Å². The Kier molecular flexibility index (Phi) is 4.91. The van der Waals surface area contributed by atoms with Crippen molar-refractivity contribution in [2.24, 2.45) is 5.73 Å². The summed E-state index contributed by atoms with van der Waals surface area (Å²) in [4.78, 5) is 9.93. The standard InChI is InChI=1S/C5H12N2O2/c1-2-7-3-4-9-5(6)8/h7H,2-4H2,1H3,(H2,6,8). The van der Waals surface area contributed by atoms with E-state index in [-0.39, 0.29) is 0 Å². The van der Waals surface area contributed by atoms with Gasteiger partial charge >= 0.3 is 6.09 Å².